The van der Waals surface area contributed by atoms with Crippen molar-refractivity contribution in [3.63, 3.8) is 0 Å². The summed E-state index contributed by atoms with van der Waals surface area (Å²) < 4.78 is 2.03. The van der Waals surface area contributed by atoms with Gasteiger partial charge in [0, 0.05) is 43.9 Å². The van der Waals surface area contributed by atoms with Crippen LogP contribution in [0, 0.1) is 0 Å². The first kappa shape index (κ1) is 22.0. The van der Waals surface area contributed by atoms with Gasteiger partial charge in [0.05, 0.1) is 23.9 Å². The summed E-state index contributed by atoms with van der Waals surface area (Å²) in [5, 5.41) is 4.10. The number of imidazole rings is 1. The number of hydrazone groups is 1. The number of benzene rings is 3. The van der Waals surface area contributed by atoms with Crippen molar-refractivity contribution in [1.29, 1.82) is 0 Å². The number of hydrogen-bond donors (Lipinski definition) is 1. The minimum Gasteiger partial charge on any atom is -0.378 e. The van der Waals surface area contributed by atoms with Crippen molar-refractivity contribution in [2.24, 2.45) is 5.10 Å². The van der Waals surface area contributed by atoms with E-state index in [0.29, 0.717) is 13.0 Å². The van der Waals surface area contributed by atoms with Crippen molar-refractivity contribution in [2.75, 3.05) is 19.0 Å². The van der Waals surface area contributed by atoms with Crippen molar-refractivity contribution in [3.8, 4) is 22.5 Å². The summed E-state index contributed by atoms with van der Waals surface area (Å²) in [6.07, 6.45) is 3.74. The topological polar surface area (TPSA) is 62.5 Å². The third-order valence-corrected chi connectivity index (χ3v) is 5.32. The molecule has 0 fully saturated rings. The van der Waals surface area contributed by atoms with Crippen LogP contribution in [0.4, 0.5) is 5.69 Å². The zero-order chi connectivity index (χ0) is 23.0. The zero-order valence-electron chi connectivity index (χ0n) is 18.8. The Bertz CT molecular complexity index is 1210. The van der Waals surface area contributed by atoms with E-state index in [0.717, 1.165) is 33.8 Å². The van der Waals surface area contributed by atoms with Crippen LogP contribution in [0.25, 0.3) is 22.5 Å². The molecule has 0 aliphatic carbocycles. The van der Waals surface area contributed by atoms with Gasteiger partial charge in [0.2, 0.25) is 5.91 Å². The number of carbonyl (C=O) groups excluding carboxylic acids is 1. The van der Waals surface area contributed by atoms with Gasteiger partial charge in [-0.05, 0) is 17.7 Å². The molecule has 1 N–H and O–H groups in total. The first-order valence-corrected chi connectivity index (χ1v) is 10.9. The third kappa shape index (κ3) is 5.54. The van der Waals surface area contributed by atoms with Crippen molar-refractivity contribution in [2.45, 2.75) is 13.0 Å². The second-order valence-electron chi connectivity index (χ2n) is 7.90. The number of amides is 1. The number of nitrogens with zero attached hydrogens (tertiary/aromatic N) is 4. The molecule has 166 valence electrons. The molecule has 0 unspecified atom stereocenters. The van der Waals surface area contributed by atoms with Crippen LogP contribution in [0.15, 0.2) is 96.4 Å². The van der Waals surface area contributed by atoms with E-state index < -0.39 is 0 Å². The molecule has 1 amide bonds. The highest BCUT2D eigenvalue weighted by molar-refractivity contribution is 5.83. The Hall–Kier alpha value is -4.19. The largest absolute Gasteiger partial charge is 0.378 e. The lowest BCUT2D eigenvalue weighted by Crippen LogP contribution is -2.19. The molecule has 1 heterocycles. The number of hydrogen-bond acceptors (Lipinski definition) is 4. The second kappa shape index (κ2) is 10.4. The fourth-order valence-corrected chi connectivity index (χ4v) is 3.57. The van der Waals surface area contributed by atoms with E-state index in [1.165, 1.54) is 0 Å². The molecule has 1 aromatic heterocycles. The molecule has 0 saturated carbocycles. The summed E-state index contributed by atoms with van der Waals surface area (Å²) in [6, 6.07) is 28.2. The van der Waals surface area contributed by atoms with E-state index >= 15 is 0 Å². The van der Waals surface area contributed by atoms with Crippen LogP contribution in [0.3, 0.4) is 0 Å². The molecule has 4 rings (SSSR count). The van der Waals surface area contributed by atoms with Gasteiger partial charge in [-0.1, -0.05) is 72.8 Å². The van der Waals surface area contributed by atoms with Gasteiger partial charge >= 0.3 is 0 Å². The normalized spacial score (nSPS) is 11.0. The average molecular weight is 438 g/mol. The lowest BCUT2D eigenvalue weighted by molar-refractivity contribution is -0.121. The first-order valence-electron chi connectivity index (χ1n) is 10.9. The molecule has 4 aromatic rings. The van der Waals surface area contributed by atoms with Crippen LogP contribution in [0.5, 0.6) is 0 Å². The van der Waals surface area contributed by atoms with Crippen molar-refractivity contribution < 1.29 is 4.79 Å². The molecule has 0 aliphatic rings. The van der Waals surface area contributed by atoms with E-state index in [4.69, 9.17) is 0 Å². The number of aromatic nitrogens is 2. The molecule has 33 heavy (non-hydrogen) atoms. The maximum atomic E-state index is 12.4. The summed E-state index contributed by atoms with van der Waals surface area (Å²) in [5.41, 5.74) is 8.67. The Balaban J connectivity index is 1.44. The summed E-state index contributed by atoms with van der Waals surface area (Å²) in [7, 11) is 3.99. The monoisotopic (exact) mass is 437 g/mol. The third-order valence-electron chi connectivity index (χ3n) is 5.32. The molecule has 0 atom stereocenters. The van der Waals surface area contributed by atoms with Gasteiger partial charge in [-0.25, -0.2) is 10.4 Å². The zero-order valence-corrected chi connectivity index (χ0v) is 18.8. The lowest BCUT2D eigenvalue weighted by atomic mass is 10.0. The van der Waals surface area contributed by atoms with E-state index in [1.807, 2.05) is 96.4 Å². The standard InChI is InChI=1S/C27H27N5O/c1-31(2)24-15-13-21(14-16-24)19-29-30-25(33)17-18-32-20-28-26(22-9-5-3-6-10-22)27(32)23-11-7-4-8-12-23/h3-16,19-20H,17-18H2,1-2H3,(H,30,33)/b29-19+. The van der Waals surface area contributed by atoms with Gasteiger partial charge in [0.1, 0.15) is 0 Å². The fraction of sp³-hybridized carbons (Fsp3) is 0.148. The Morgan fingerprint density at radius 3 is 2.21 bits per heavy atom. The quantitative estimate of drug-likeness (QED) is 0.317. The van der Waals surface area contributed by atoms with Crippen molar-refractivity contribution >= 4 is 17.8 Å². The van der Waals surface area contributed by atoms with Gasteiger partial charge in [-0.2, -0.15) is 5.10 Å². The molecule has 6 heteroatoms. The Morgan fingerprint density at radius 1 is 0.939 bits per heavy atom. The Morgan fingerprint density at radius 2 is 1.58 bits per heavy atom. The summed E-state index contributed by atoms with van der Waals surface area (Å²) in [6.45, 7) is 0.503. The smallest absolute Gasteiger partial charge is 0.241 e. The fourth-order valence-electron chi connectivity index (χ4n) is 3.57. The summed E-state index contributed by atoms with van der Waals surface area (Å²) in [4.78, 5) is 19.1. The summed E-state index contributed by atoms with van der Waals surface area (Å²) in [5.74, 6) is -0.148. The van der Waals surface area contributed by atoms with Crippen LogP contribution in [0.1, 0.15) is 12.0 Å². The van der Waals surface area contributed by atoms with Gasteiger partial charge in [0.25, 0.3) is 0 Å². The average Bonchev–Trinajstić information content (AvgIpc) is 3.28. The molecule has 0 spiro atoms. The highest BCUT2D eigenvalue weighted by Gasteiger charge is 2.15. The minimum atomic E-state index is -0.148. The Labute approximate surface area is 194 Å². The number of aryl methyl sites for hydroxylation is 1. The van der Waals surface area contributed by atoms with Crippen LogP contribution < -0.4 is 10.3 Å². The predicted molar refractivity (Wildman–Crippen MR) is 134 cm³/mol. The second-order valence-corrected chi connectivity index (χ2v) is 7.90. The van der Waals surface area contributed by atoms with Crippen LogP contribution in [0.2, 0.25) is 0 Å². The van der Waals surface area contributed by atoms with E-state index in [9.17, 15) is 4.79 Å². The van der Waals surface area contributed by atoms with Crippen LogP contribution in [-0.4, -0.2) is 35.8 Å². The molecule has 0 bridgehead atoms. The van der Waals surface area contributed by atoms with Crippen molar-refractivity contribution in [3.05, 3.63) is 96.8 Å². The van der Waals surface area contributed by atoms with Gasteiger partial charge < -0.3 is 9.47 Å². The minimum absolute atomic E-state index is 0.148. The molecule has 0 aliphatic heterocycles. The van der Waals surface area contributed by atoms with Gasteiger partial charge in [-0.3, -0.25) is 4.79 Å². The Kier molecular flexibility index (Phi) is 6.95. The highest BCUT2D eigenvalue weighted by atomic mass is 16.2. The van der Waals surface area contributed by atoms with E-state index in [2.05, 4.69) is 27.6 Å². The number of nitrogens with one attached hydrogen (secondary N) is 1. The maximum absolute atomic E-state index is 12.4. The van der Waals surface area contributed by atoms with Gasteiger partial charge in [0.15, 0.2) is 0 Å². The molecule has 3 aromatic carbocycles. The first-order chi connectivity index (χ1) is 16.1. The van der Waals surface area contributed by atoms with Crippen LogP contribution in [-0.2, 0) is 11.3 Å². The lowest BCUT2D eigenvalue weighted by Gasteiger charge is -2.11. The van der Waals surface area contributed by atoms with Crippen LogP contribution >= 0.6 is 0 Å². The molecular formula is C27H27N5O. The SMILES string of the molecule is CN(C)c1ccc(/C=N/NC(=O)CCn2cnc(-c3ccccc3)c2-c2ccccc2)cc1. The van der Waals surface area contributed by atoms with E-state index in [-0.39, 0.29) is 5.91 Å². The number of rotatable bonds is 8. The predicted octanol–water partition coefficient (Wildman–Crippen LogP) is 4.82. The molecular weight excluding hydrogens is 410 g/mol. The molecule has 0 radical (unpaired) electrons. The highest BCUT2D eigenvalue weighted by Crippen LogP contribution is 2.31. The van der Waals surface area contributed by atoms with Crippen molar-refractivity contribution in [1.82, 2.24) is 15.0 Å². The van der Waals surface area contributed by atoms with E-state index in [1.54, 1.807) is 12.5 Å². The van der Waals surface area contributed by atoms with Gasteiger partial charge in [-0.15, -0.1) is 0 Å². The summed E-state index contributed by atoms with van der Waals surface area (Å²) >= 11 is 0. The maximum Gasteiger partial charge on any atom is 0.241 e. The molecule has 6 nitrogen and oxygen atoms in total. The number of anilines is 1. The molecule has 0 saturated heterocycles. The number of carbonyl (C=O) groups is 1.